The standard InChI is InChI=1S/C17H19N5O2/c18-16(24)13-5-7-22(8-6-13)15-3-1-14(2-4-15)21-17-19-9-12(11-23)10-20-17/h1-4,9-11,13H,5-8H2,(H2,18,24)(H,19,20,21). The zero-order valence-electron chi connectivity index (χ0n) is 13.2. The van der Waals surface area contributed by atoms with Crippen LogP contribution in [0, 0.1) is 5.92 Å². The van der Waals surface area contributed by atoms with E-state index in [1.165, 1.54) is 12.4 Å². The van der Waals surface area contributed by atoms with Gasteiger partial charge in [-0.1, -0.05) is 0 Å². The third kappa shape index (κ3) is 3.68. The van der Waals surface area contributed by atoms with Gasteiger partial charge < -0.3 is 16.0 Å². The zero-order chi connectivity index (χ0) is 16.9. The number of nitrogens with two attached hydrogens (primary N) is 1. The lowest BCUT2D eigenvalue weighted by Gasteiger charge is -2.32. The van der Waals surface area contributed by atoms with Crippen LogP contribution in [-0.4, -0.2) is 35.3 Å². The summed E-state index contributed by atoms with van der Waals surface area (Å²) in [5, 5.41) is 3.09. The molecule has 1 amide bonds. The first-order valence-corrected chi connectivity index (χ1v) is 7.84. The van der Waals surface area contributed by atoms with E-state index in [9.17, 15) is 9.59 Å². The number of carbonyl (C=O) groups is 2. The first-order valence-electron chi connectivity index (χ1n) is 7.84. The largest absolute Gasteiger partial charge is 0.371 e. The molecule has 0 saturated carbocycles. The Kier molecular flexibility index (Phi) is 4.69. The number of aldehydes is 1. The molecule has 3 rings (SSSR count). The van der Waals surface area contributed by atoms with Crippen molar-refractivity contribution in [1.29, 1.82) is 0 Å². The SMILES string of the molecule is NC(=O)C1CCN(c2ccc(Nc3ncc(C=O)cn3)cc2)CC1. The van der Waals surface area contributed by atoms with E-state index < -0.39 is 0 Å². The smallest absolute Gasteiger partial charge is 0.227 e. The Morgan fingerprint density at radius 1 is 1.17 bits per heavy atom. The van der Waals surface area contributed by atoms with Crippen LogP contribution in [0.25, 0.3) is 0 Å². The molecule has 0 atom stereocenters. The molecule has 0 aliphatic carbocycles. The number of hydrogen-bond acceptors (Lipinski definition) is 6. The van der Waals surface area contributed by atoms with Gasteiger partial charge in [-0.2, -0.15) is 0 Å². The van der Waals surface area contributed by atoms with E-state index in [-0.39, 0.29) is 11.8 Å². The summed E-state index contributed by atoms with van der Waals surface area (Å²) >= 11 is 0. The quantitative estimate of drug-likeness (QED) is 0.812. The second-order valence-corrected chi connectivity index (χ2v) is 5.79. The molecule has 0 spiro atoms. The van der Waals surface area contributed by atoms with Crippen molar-refractivity contribution in [2.75, 3.05) is 23.3 Å². The fourth-order valence-electron chi connectivity index (χ4n) is 2.77. The minimum absolute atomic E-state index is 0.00586. The molecule has 1 saturated heterocycles. The van der Waals surface area contributed by atoms with Crippen molar-refractivity contribution in [3.05, 3.63) is 42.2 Å². The molecule has 2 heterocycles. The summed E-state index contributed by atoms with van der Waals surface area (Å²) in [6, 6.07) is 7.94. The Hall–Kier alpha value is -2.96. The maximum Gasteiger partial charge on any atom is 0.227 e. The minimum Gasteiger partial charge on any atom is -0.371 e. The van der Waals surface area contributed by atoms with E-state index in [2.05, 4.69) is 20.2 Å². The normalized spacial score (nSPS) is 15.1. The number of carbonyl (C=O) groups excluding carboxylic acids is 2. The maximum absolute atomic E-state index is 11.2. The van der Waals surface area contributed by atoms with Gasteiger partial charge >= 0.3 is 0 Å². The van der Waals surface area contributed by atoms with Crippen LogP contribution in [0.2, 0.25) is 0 Å². The molecule has 24 heavy (non-hydrogen) atoms. The van der Waals surface area contributed by atoms with Crippen LogP contribution in [0.15, 0.2) is 36.7 Å². The van der Waals surface area contributed by atoms with Crippen molar-refractivity contribution in [3.63, 3.8) is 0 Å². The minimum atomic E-state index is -0.199. The summed E-state index contributed by atoms with van der Waals surface area (Å²) in [6.07, 6.45) is 5.25. The van der Waals surface area contributed by atoms with Crippen LogP contribution in [0.1, 0.15) is 23.2 Å². The number of benzene rings is 1. The molecule has 2 aromatic rings. The van der Waals surface area contributed by atoms with E-state index in [0.717, 1.165) is 37.3 Å². The Morgan fingerprint density at radius 3 is 2.33 bits per heavy atom. The number of piperidine rings is 1. The predicted octanol–water partition coefficient (Wildman–Crippen LogP) is 1.73. The van der Waals surface area contributed by atoms with Crippen molar-refractivity contribution in [3.8, 4) is 0 Å². The van der Waals surface area contributed by atoms with Crippen LogP contribution in [0.3, 0.4) is 0 Å². The van der Waals surface area contributed by atoms with Gasteiger partial charge in [-0.3, -0.25) is 9.59 Å². The maximum atomic E-state index is 11.2. The second kappa shape index (κ2) is 7.08. The molecular formula is C17H19N5O2. The monoisotopic (exact) mass is 325 g/mol. The van der Waals surface area contributed by atoms with Crippen molar-refractivity contribution in [1.82, 2.24) is 9.97 Å². The number of rotatable bonds is 5. The zero-order valence-corrected chi connectivity index (χ0v) is 13.2. The lowest BCUT2D eigenvalue weighted by atomic mass is 9.96. The van der Waals surface area contributed by atoms with Gasteiger partial charge in [0.25, 0.3) is 0 Å². The van der Waals surface area contributed by atoms with Crippen LogP contribution in [0.5, 0.6) is 0 Å². The fraction of sp³-hybridized carbons (Fsp3) is 0.294. The Balaban J connectivity index is 1.61. The van der Waals surface area contributed by atoms with E-state index in [1.807, 2.05) is 24.3 Å². The highest BCUT2D eigenvalue weighted by atomic mass is 16.1. The van der Waals surface area contributed by atoms with E-state index >= 15 is 0 Å². The number of nitrogens with one attached hydrogen (secondary N) is 1. The molecular weight excluding hydrogens is 306 g/mol. The average molecular weight is 325 g/mol. The molecule has 0 bridgehead atoms. The van der Waals surface area contributed by atoms with Gasteiger partial charge in [0.05, 0.1) is 5.56 Å². The molecule has 1 aromatic carbocycles. The number of primary amides is 1. The average Bonchev–Trinajstić information content (AvgIpc) is 2.63. The van der Waals surface area contributed by atoms with Crippen LogP contribution < -0.4 is 16.0 Å². The summed E-state index contributed by atoms with van der Waals surface area (Å²) in [7, 11) is 0. The summed E-state index contributed by atoms with van der Waals surface area (Å²) < 4.78 is 0. The lowest BCUT2D eigenvalue weighted by molar-refractivity contribution is -0.122. The van der Waals surface area contributed by atoms with Gasteiger partial charge in [-0.05, 0) is 37.1 Å². The highest BCUT2D eigenvalue weighted by molar-refractivity contribution is 5.77. The molecule has 124 valence electrons. The highest BCUT2D eigenvalue weighted by Crippen LogP contribution is 2.25. The molecule has 1 aromatic heterocycles. The van der Waals surface area contributed by atoms with Gasteiger partial charge in [0, 0.05) is 42.8 Å². The van der Waals surface area contributed by atoms with Crippen molar-refractivity contribution >= 4 is 29.5 Å². The van der Waals surface area contributed by atoms with Crippen LogP contribution >= 0.6 is 0 Å². The first-order chi connectivity index (χ1) is 11.7. The highest BCUT2D eigenvalue weighted by Gasteiger charge is 2.23. The summed E-state index contributed by atoms with van der Waals surface area (Å²) in [4.78, 5) is 32.2. The molecule has 7 nitrogen and oxygen atoms in total. The number of nitrogens with zero attached hydrogens (tertiary/aromatic N) is 3. The first kappa shape index (κ1) is 15.9. The van der Waals surface area contributed by atoms with Gasteiger partial charge in [0.15, 0.2) is 6.29 Å². The van der Waals surface area contributed by atoms with Gasteiger partial charge in [0.2, 0.25) is 11.9 Å². The van der Waals surface area contributed by atoms with Crippen LogP contribution in [0.4, 0.5) is 17.3 Å². The second-order valence-electron chi connectivity index (χ2n) is 5.79. The predicted molar refractivity (Wildman–Crippen MR) is 91.3 cm³/mol. The van der Waals surface area contributed by atoms with Crippen LogP contribution in [-0.2, 0) is 4.79 Å². The molecule has 1 aliphatic heterocycles. The van der Waals surface area contributed by atoms with Gasteiger partial charge in [-0.25, -0.2) is 9.97 Å². The summed E-state index contributed by atoms with van der Waals surface area (Å²) in [5.74, 6) is 0.235. The van der Waals surface area contributed by atoms with E-state index in [4.69, 9.17) is 5.73 Å². The van der Waals surface area contributed by atoms with Crippen molar-refractivity contribution in [2.45, 2.75) is 12.8 Å². The molecule has 1 aliphatic rings. The number of aromatic nitrogens is 2. The summed E-state index contributed by atoms with van der Waals surface area (Å²) in [6.45, 7) is 1.66. The van der Waals surface area contributed by atoms with Gasteiger partial charge in [0.1, 0.15) is 0 Å². The molecule has 1 fully saturated rings. The number of amides is 1. The van der Waals surface area contributed by atoms with E-state index in [1.54, 1.807) is 0 Å². The lowest BCUT2D eigenvalue weighted by Crippen LogP contribution is -2.38. The fourth-order valence-corrected chi connectivity index (χ4v) is 2.77. The Bertz CT molecular complexity index is 707. The molecule has 7 heteroatoms. The summed E-state index contributed by atoms with van der Waals surface area (Å²) in [5.41, 5.74) is 7.78. The van der Waals surface area contributed by atoms with Gasteiger partial charge in [-0.15, -0.1) is 0 Å². The number of anilines is 3. The molecule has 0 unspecified atom stereocenters. The number of hydrogen-bond donors (Lipinski definition) is 2. The third-order valence-corrected chi connectivity index (χ3v) is 4.19. The third-order valence-electron chi connectivity index (χ3n) is 4.19. The molecule has 0 radical (unpaired) electrons. The van der Waals surface area contributed by atoms with Crippen molar-refractivity contribution < 1.29 is 9.59 Å². The Labute approximate surface area is 139 Å². The Morgan fingerprint density at radius 2 is 1.79 bits per heavy atom. The topological polar surface area (TPSA) is 101 Å². The van der Waals surface area contributed by atoms with E-state index in [0.29, 0.717) is 17.8 Å². The van der Waals surface area contributed by atoms with Crippen molar-refractivity contribution in [2.24, 2.45) is 11.7 Å². The molecule has 3 N–H and O–H groups in total.